The lowest BCUT2D eigenvalue weighted by Gasteiger charge is -2.48. The number of allylic oxidation sites excluding steroid dienone is 4. The van der Waals surface area contributed by atoms with Crippen molar-refractivity contribution in [3.63, 3.8) is 0 Å². The molecular weight excluding hydrogens is 735 g/mol. The number of para-hydroxylation sites is 1. The summed E-state index contributed by atoms with van der Waals surface area (Å²) in [6, 6.07) is 72.5. The Morgan fingerprint density at radius 3 is 1.28 bits per heavy atom. The fourth-order valence-corrected chi connectivity index (χ4v) is 13.3. The Labute approximate surface area is 358 Å². The minimum Gasteiger partial charge on any atom is -0.313 e. The quantitative estimate of drug-likeness (QED) is 0.160. The molecule has 1 atom stereocenters. The summed E-state index contributed by atoms with van der Waals surface area (Å²) in [5.74, 6) is 0.245. The molecule has 8 aromatic rings. The van der Waals surface area contributed by atoms with Crippen LogP contribution in [-0.4, -0.2) is 0 Å². The van der Waals surface area contributed by atoms with E-state index in [1.54, 1.807) is 5.57 Å². The van der Waals surface area contributed by atoms with Gasteiger partial charge in [-0.15, -0.1) is 0 Å². The molecule has 2 spiro atoms. The van der Waals surface area contributed by atoms with E-state index in [9.17, 15) is 0 Å². The molecular formula is C60H43N. The molecule has 0 saturated heterocycles. The van der Waals surface area contributed by atoms with Crippen molar-refractivity contribution in [2.24, 2.45) is 0 Å². The summed E-state index contributed by atoms with van der Waals surface area (Å²) >= 11 is 0. The highest BCUT2D eigenvalue weighted by Gasteiger charge is 2.53. The lowest BCUT2D eigenvalue weighted by atomic mass is 9.54. The molecule has 1 aliphatic heterocycles. The topological polar surface area (TPSA) is 3.24 Å². The standard InChI is InChI=1S/C60H43N/c1-2-22-46(23-3-1)61-57-36-55-44(32-42-20-8-14-28-53(42)59(55)49-24-10-4-16-38(49)30-39-17-5-11-25-50(39)59)34-47(57)48-35-45-33-43-21-9-15-29-54(43)60(56(45)37-58(48)61)51-26-12-6-18-40(51)31-41-19-7-13-27-52(41)60/h1-29,34,36-37,48H,30-33,35H2. The Kier molecular flexibility index (Phi) is 6.82. The predicted octanol–water partition coefficient (Wildman–Crippen LogP) is 13.2. The normalized spacial score (nSPS) is 18.6. The van der Waals surface area contributed by atoms with E-state index in [1.807, 2.05) is 0 Å². The number of hydrogen-bond donors (Lipinski definition) is 0. The van der Waals surface area contributed by atoms with E-state index in [-0.39, 0.29) is 5.92 Å². The first kappa shape index (κ1) is 33.8. The third kappa shape index (κ3) is 4.31. The third-order valence-corrected chi connectivity index (χ3v) is 15.5. The maximum absolute atomic E-state index is 2.68. The SMILES string of the molecule is C1=C2C(CC3=C1C1(c4ccccc4C3)c3ccccc3Cc3ccccc31)c1cc3c(cc1N2c1ccccc1)C1(c2ccccc2Cc2ccccc21)c1ccccc1C3. The van der Waals surface area contributed by atoms with Crippen molar-refractivity contribution in [2.45, 2.75) is 48.9 Å². The van der Waals surface area contributed by atoms with Crippen molar-refractivity contribution < 1.29 is 0 Å². The van der Waals surface area contributed by atoms with Crippen LogP contribution in [0.3, 0.4) is 0 Å². The van der Waals surface area contributed by atoms with Crippen molar-refractivity contribution in [1.29, 1.82) is 0 Å². The van der Waals surface area contributed by atoms with Crippen LogP contribution in [0.5, 0.6) is 0 Å². The summed E-state index contributed by atoms with van der Waals surface area (Å²) in [6.45, 7) is 0. The molecule has 61 heavy (non-hydrogen) atoms. The van der Waals surface area contributed by atoms with Crippen LogP contribution in [0, 0.1) is 0 Å². The van der Waals surface area contributed by atoms with Crippen molar-refractivity contribution in [2.75, 3.05) is 4.90 Å². The summed E-state index contributed by atoms with van der Waals surface area (Å²) < 4.78 is 0. The Bertz CT molecular complexity index is 3140. The predicted molar refractivity (Wildman–Crippen MR) is 247 cm³/mol. The minimum absolute atomic E-state index is 0.245. The second kappa shape index (κ2) is 12.3. The number of benzene rings is 8. The number of rotatable bonds is 1. The second-order valence-electron chi connectivity index (χ2n) is 18.2. The highest BCUT2D eigenvalue weighted by molar-refractivity contribution is 5.85. The molecule has 14 rings (SSSR count). The first-order valence-electron chi connectivity index (χ1n) is 22.2. The summed E-state index contributed by atoms with van der Waals surface area (Å²) in [7, 11) is 0. The van der Waals surface area contributed by atoms with Crippen molar-refractivity contribution in [1.82, 2.24) is 0 Å². The maximum Gasteiger partial charge on any atom is 0.0713 e. The Morgan fingerprint density at radius 1 is 0.377 bits per heavy atom. The van der Waals surface area contributed by atoms with Gasteiger partial charge >= 0.3 is 0 Å². The molecule has 0 fully saturated rings. The lowest BCUT2D eigenvalue weighted by Crippen LogP contribution is -2.41. The molecule has 288 valence electrons. The Morgan fingerprint density at radius 2 is 0.787 bits per heavy atom. The number of fused-ring (bicyclic) bond motifs is 18. The molecule has 0 amide bonds. The molecule has 1 nitrogen and oxygen atoms in total. The van der Waals surface area contributed by atoms with Gasteiger partial charge in [0.25, 0.3) is 0 Å². The smallest absolute Gasteiger partial charge is 0.0713 e. The fraction of sp³-hybridized carbons (Fsp3) is 0.133. The van der Waals surface area contributed by atoms with Gasteiger partial charge in [0.1, 0.15) is 0 Å². The molecule has 1 unspecified atom stereocenters. The van der Waals surface area contributed by atoms with E-state index < -0.39 is 10.8 Å². The zero-order chi connectivity index (χ0) is 39.9. The van der Waals surface area contributed by atoms with Gasteiger partial charge < -0.3 is 4.90 Å². The molecule has 1 heterocycles. The monoisotopic (exact) mass is 777 g/mol. The van der Waals surface area contributed by atoms with Crippen molar-refractivity contribution in [3.05, 3.63) is 294 Å². The van der Waals surface area contributed by atoms with Gasteiger partial charge in [-0.3, -0.25) is 0 Å². The summed E-state index contributed by atoms with van der Waals surface area (Å²) in [5, 5.41) is 0. The van der Waals surface area contributed by atoms with Crippen LogP contribution >= 0.6 is 0 Å². The number of nitrogens with zero attached hydrogens (tertiary/aromatic N) is 1. The van der Waals surface area contributed by atoms with Gasteiger partial charge in [0.15, 0.2) is 0 Å². The zero-order valence-electron chi connectivity index (χ0n) is 34.0. The molecule has 0 saturated carbocycles. The van der Waals surface area contributed by atoms with Gasteiger partial charge in [0.2, 0.25) is 0 Å². The van der Waals surface area contributed by atoms with E-state index in [0.29, 0.717) is 0 Å². The first-order chi connectivity index (χ1) is 30.2. The molecule has 5 aliphatic carbocycles. The van der Waals surface area contributed by atoms with Gasteiger partial charge in [-0.05, 0) is 145 Å². The zero-order valence-corrected chi connectivity index (χ0v) is 34.0. The number of anilines is 2. The van der Waals surface area contributed by atoms with E-state index in [1.165, 1.54) is 106 Å². The maximum atomic E-state index is 2.68. The fourth-order valence-electron chi connectivity index (χ4n) is 13.3. The van der Waals surface area contributed by atoms with Crippen LogP contribution in [0.25, 0.3) is 0 Å². The van der Waals surface area contributed by atoms with Crippen LogP contribution in [0.2, 0.25) is 0 Å². The Hall–Kier alpha value is -6.96. The van der Waals surface area contributed by atoms with E-state index >= 15 is 0 Å². The van der Waals surface area contributed by atoms with Gasteiger partial charge in [-0.2, -0.15) is 0 Å². The van der Waals surface area contributed by atoms with E-state index in [4.69, 9.17) is 0 Å². The van der Waals surface area contributed by atoms with Gasteiger partial charge in [0, 0.05) is 17.3 Å². The molecule has 1 heteroatoms. The molecule has 0 aromatic heterocycles. The Balaban J connectivity index is 1.06. The van der Waals surface area contributed by atoms with Crippen LogP contribution in [0.15, 0.2) is 211 Å². The molecule has 0 bridgehead atoms. The molecule has 8 aromatic carbocycles. The molecule has 0 N–H and O–H groups in total. The first-order valence-corrected chi connectivity index (χ1v) is 22.2. The second-order valence-corrected chi connectivity index (χ2v) is 18.2. The van der Waals surface area contributed by atoms with E-state index in [2.05, 4.69) is 199 Å². The van der Waals surface area contributed by atoms with Crippen molar-refractivity contribution in [3.8, 4) is 0 Å². The lowest BCUT2D eigenvalue weighted by molar-refractivity contribution is 0.625. The molecule has 6 aliphatic rings. The highest BCUT2D eigenvalue weighted by Crippen LogP contribution is 2.63. The third-order valence-electron chi connectivity index (χ3n) is 15.5. The van der Waals surface area contributed by atoms with Crippen LogP contribution < -0.4 is 4.90 Å². The molecule has 0 radical (unpaired) electrons. The largest absolute Gasteiger partial charge is 0.313 e. The summed E-state index contributed by atoms with van der Waals surface area (Å²) in [6.07, 6.45) is 7.51. The van der Waals surface area contributed by atoms with E-state index in [0.717, 1.165) is 32.1 Å². The summed E-state index contributed by atoms with van der Waals surface area (Å²) in [5.41, 5.74) is 27.8. The minimum atomic E-state index is -0.423. The van der Waals surface area contributed by atoms with Gasteiger partial charge in [-0.25, -0.2) is 0 Å². The summed E-state index contributed by atoms with van der Waals surface area (Å²) in [4.78, 5) is 2.66. The average Bonchev–Trinajstić information content (AvgIpc) is 3.62. The van der Waals surface area contributed by atoms with Crippen LogP contribution in [0.1, 0.15) is 95.8 Å². The highest BCUT2D eigenvalue weighted by atomic mass is 15.2. The number of hydrogen-bond acceptors (Lipinski definition) is 1. The van der Waals surface area contributed by atoms with Crippen LogP contribution in [-0.2, 0) is 36.5 Å². The average molecular weight is 778 g/mol. The van der Waals surface area contributed by atoms with Crippen LogP contribution in [0.4, 0.5) is 11.4 Å². The van der Waals surface area contributed by atoms with Gasteiger partial charge in [0.05, 0.1) is 16.5 Å². The van der Waals surface area contributed by atoms with Crippen molar-refractivity contribution >= 4 is 11.4 Å². The van der Waals surface area contributed by atoms with Gasteiger partial charge in [-0.1, -0.05) is 175 Å².